The van der Waals surface area contributed by atoms with Gasteiger partial charge in [0, 0.05) is 44.8 Å². The van der Waals surface area contributed by atoms with Crippen LogP contribution in [-0.2, 0) is 17.5 Å². The fourth-order valence-electron chi connectivity index (χ4n) is 3.51. The number of hydrogen-bond acceptors (Lipinski definition) is 8. The molecule has 1 aliphatic heterocycles. The van der Waals surface area contributed by atoms with Gasteiger partial charge in [-0.05, 0) is 30.3 Å². The van der Waals surface area contributed by atoms with Crippen LogP contribution in [0.1, 0.15) is 17.1 Å². The van der Waals surface area contributed by atoms with Gasteiger partial charge < -0.3 is 19.9 Å². The molecule has 0 aliphatic carbocycles. The van der Waals surface area contributed by atoms with Crippen molar-refractivity contribution in [3.05, 3.63) is 65.6 Å². The van der Waals surface area contributed by atoms with Gasteiger partial charge in [-0.2, -0.15) is 13.2 Å². The first-order valence-electron chi connectivity index (χ1n) is 11.2. The summed E-state index contributed by atoms with van der Waals surface area (Å²) in [6.45, 7) is 2.27. The second kappa shape index (κ2) is 10.9. The van der Waals surface area contributed by atoms with Gasteiger partial charge in [-0.25, -0.2) is 14.4 Å². The van der Waals surface area contributed by atoms with E-state index in [4.69, 9.17) is 4.74 Å². The molecule has 3 aromatic rings. The molecule has 0 radical (unpaired) electrons. The molecule has 1 N–H and O–H groups in total. The number of anilines is 4. The number of nitrogens with one attached hydrogen (secondary N) is 1. The predicted octanol–water partition coefficient (Wildman–Crippen LogP) is 4.29. The Morgan fingerprint density at radius 1 is 1.08 bits per heavy atom. The van der Waals surface area contributed by atoms with Crippen LogP contribution in [0.3, 0.4) is 0 Å². The van der Waals surface area contributed by atoms with Crippen molar-refractivity contribution in [2.75, 3.05) is 55.5 Å². The van der Waals surface area contributed by atoms with E-state index < -0.39 is 17.6 Å². The highest BCUT2D eigenvalue weighted by atomic mass is 19.4. The number of nitrogens with zero attached hydrogens (tertiary/aromatic N) is 6. The van der Waals surface area contributed by atoms with E-state index in [-0.39, 0.29) is 12.4 Å². The number of ether oxygens (including phenoxy) is 1. The van der Waals surface area contributed by atoms with Gasteiger partial charge in [-0.1, -0.05) is 0 Å². The van der Waals surface area contributed by atoms with Crippen LogP contribution in [0.4, 0.5) is 40.4 Å². The lowest BCUT2D eigenvalue weighted by atomic mass is 10.1. The van der Waals surface area contributed by atoms with Crippen molar-refractivity contribution in [2.24, 2.45) is 4.99 Å². The van der Waals surface area contributed by atoms with Gasteiger partial charge in [0.1, 0.15) is 0 Å². The molecule has 190 valence electrons. The first-order valence-corrected chi connectivity index (χ1v) is 11.2. The van der Waals surface area contributed by atoms with Crippen molar-refractivity contribution in [1.82, 2.24) is 15.0 Å². The normalized spacial score (nSPS) is 14.3. The summed E-state index contributed by atoms with van der Waals surface area (Å²) in [5, 5.41) is 2.96. The smallest absolute Gasteiger partial charge is 0.378 e. The molecule has 3 heterocycles. The van der Waals surface area contributed by atoms with Crippen molar-refractivity contribution >= 4 is 29.1 Å². The van der Waals surface area contributed by atoms with Crippen LogP contribution < -0.4 is 15.1 Å². The van der Waals surface area contributed by atoms with Crippen molar-refractivity contribution in [3.63, 3.8) is 0 Å². The topological polar surface area (TPSA) is 78.8 Å². The summed E-state index contributed by atoms with van der Waals surface area (Å²) in [6.07, 6.45) is -0.295. The fourth-order valence-corrected chi connectivity index (χ4v) is 3.51. The largest absolute Gasteiger partial charge is 0.416 e. The molecule has 0 unspecified atom stereocenters. The molecular weight excluding hydrogens is 478 g/mol. The maximum absolute atomic E-state index is 14.2. The van der Waals surface area contributed by atoms with Gasteiger partial charge in [0.25, 0.3) is 0 Å². The quantitative estimate of drug-likeness (QED) is 0.381. The highest BCUT2D eigenvalue weighted by molar-refractivity contribution is 5.77. The van der Waals surface area contributed by atoms with Crippen molar-refractivity contribution in [1.29, 1.82) is 0 Å². The van der Waals surface area contributed by atoms with E-state index in [2.05, 4.69) is 25.3 Å². The van der Waals surface area contributed by atoms with E-state index in [0.29, 0.717) is 54.9 Å². The van der Waals surface area contributed by atoms with Crippen LogP contribution in [-0.4, -0.2) is 61.6 Å². The lowest BCUT2D eigenvalue weighted by Gasteiger charge is -2.28. The zero-order chi connectivity index (χ0) is 25.7. The van der Waals surface area contributed by atoms with E-state index in [0.717, 1.165) is 18.3 Å². The second-order valence-electron chi connectivity index (χ2n) is 8.28. The third kappa shape index (κ3) is 6.45. The molecule has 1 fully saturated rings. The van der Waals surface area contributed by atoms with E-state index in [9.17, 15) is 17.6 Å². The minimum Gasteiger partial charge on any atom is -0.378 e. The molecule has 36 heavy (non-hydrogen) atoms. The molecule has 1 saturated heterocycles. The third-order valence-corrected chi connectivity index (χ3v) is 5.38. The lowest BCUT2D eigenvalue weighted by molar-refractivity contribution is -0.137. The number of pyridine rings is 1. The number of aliphatic imine (C=N–C) groups is 1. The van der Waals surface area contributed by atoms with Gasteiger partial charge in [0.2, 0.25) is 0 Å². The summed E-state index contributed by atoms with van der Waals surface area (Å²) in [5.41, 5.74) is 1.03. The van der Waals surface area contributed by atoms with Gasteiger partial charge in [0.05, 0.1) is 49.1 Å². The Morgan fingerprint density at radius 2 is 1.86 bits per heavy atom. The maximum Gasteiger partial charge on any atom is 0.416 e. The van der Waals surface area contributed by atoms with E-state index >= 15 is 0 Å². The molecule has 1 aromatic carbocycles. The minimum atomic E-state index is -4.46. The number of alkyl halides is 3. The molecule has 12 heteroatoms. The molecule has 2 aromatic heterocycles. The van der Waals surface area contributed by atoms with Crippen molar-refractivity contribution in [3.8, 4) is 0 Å². The van der Waals surface area contributed by atoms with Crippen molar-refractivity contribution in [2.45, 2.75) is 12.7 Å². The Kier molecular flexibility index (Phi) is 7.63. The Morgan fingerprint density at radius 3 is 2.53 bits per heavy atom. The second-order valence-corrected chi connectivity index (χ2v) is 8.28. The van der Waals surface area contributed by atoms with Crippen LogP contribution in [0.25, 0.3) is 0 Å². The molecule has 8 nitrogen and oxygen atoms in total. The van der Waals surface area contributed by atoms with Crippen LogP contribution in [0.5, 0.6) is 0 Å². The summed E-state index contributed by atoms with van der Waals surface area (Å²) >= 11 is 0. The number of rotatable bonds is 7. The van der Waals surface area contributed by atoms with Crippen LogP contribution >= 0.6 is 0 Å². The zero-order valence-corrected chi connectivity index (χ0v) is 19.8. The molecular formula is C24H25F4N7O. The summed E-state index contributed by atoms with van der Waals surface area (Å²) < 4.78 is 59.3. The summed E-state index contributed by atoms with van der Waals surface area (Å²) in [7, 11) is 3.35. The first-order chi connectivity index (χ1) is 17.2. The Bertz CT molecular complexity index is 1210. The molecule has 0 amide bonds. The molecule has 0 saturated carbocycles. The highest BCUT2D eigenvalue weighted by Gasteiger charge is 2.31. The predicted molar refractivity (Wildman–Crippen MR) is 130 cm³/mol. The molecule has 4 rings (SSSR count). The molecule has 1 aliphatic rings. The monoisotopic (exact) mass is 503 g/mol. The summed E-state index contributed by atoms with van der Waals surface area (Å²) in [4.78, 5) is 20.3. The Balaban J connectivity index is 1.41. The maximum atomic E-state index is 14.2. The van der Waals surface area contributed by atoms with E-state index in [1.165, 1.54) is 12.4 Å². The average Bonchev–Trinajstić information content (AvgIpc) is 2.86. The number of aromatic nitrogens is 3. The lowest BCUT2D eigenvalue weighted by Crippen LogP contribution is -2.37. The fraction of sp³-hybridized carbons (Fsp3) is 0.333. The first kappa shape index (κ1) is 25.3. The van der Waals surface area contributed by atoms with E-state index in [1.54, 1.807) is 37.2 Å². The number of morpholine rings is 1. The minimum absolute atomic E-state index is 0.136. The Labute approximate surface area is 205 Å². The van der Waals surface area contributed by atoms with Crippen molar-refractivity contribution < 1.29 is 22.3 Å². The van der Waals surface area contributed by atoms with Gasteiger partial charge in [0.15, 0.2) is 17.5 Å². The number of halogens is 4. The zero-order valence-electron chi connectivity index (χ0n) is 19.8. The van der Waals surface area contributed by atoms with Crippen LogP contribution in [0, 0.1) is 5.82 Å². The standard InChI is InChI=1S/C24H25F4N7O/c1-34(2)20-10-16(24(26,27)28)9-19(11-20)32-18-4-3-17(30-13-18)12-29-15-22-31-14-21(25)23(33-22)35-5-7-36-8-6-35/h3-4,9-14,32H,5-8,15H2,1-2H3. The average molecular weight is 504 g/mol. The molecule has 0 bridgehead atoms. The highest BCUT2D eigenvalue weighted by Crippen LogP contribution is 2.34. The van der Waals surface area contributed by atoms with E-state index in [1.807, 2.05) is 4.90 Å². The summed E-state index contributed by atoms with van der Waals surface area (Å²) in [5.74, 6) is 0.112. The molecule has 0 spiro atoms. The Hall–Kier alpha value is -3.80. The van der Waals surface area contributed by atoms with Gasteiger partial charge >= 0.3 is 6.18 Å². The number of hydrogen-bond donors (Lipinski definition) is 1. The molecule has 0 atom stereocenters. The SMILES string of the molecule is CN(C)c1cc(Nc2ccc(C=NCc3ncc(F)c(N4CCOCC4)n3)nc2)cc(C(F)(F)F)c1. The van der Waals surface area contributed by atoms with Gasteiger partial charge in [-0.15, -0.1) is 0 Å². The van der Waals surface area contributed by atoms with Crippen LogP contribution in [0.15, 0.2) is 47.7 Å². The number of benzene rings is 1. The summed E-state index contributed by atoms with van der Waals surface area (Å²) in [6, 6.07) is 7.14. The third-order valence-electron chi connectivity index (χ3n) is 5.38. The van der Waals surface area contributed by atoms with Gasteiger partial charge in [-0.3, -0.25) is 9.98 Å². The van der Waals surface area contributed by atoms with Crippen LogP contribution in [0.2, 0.25) is 0 Å².